The molecule has 3 aliphatic rings. The fraction of sp³-hybridized carbons (Fsp3) is 0.667. The molecule has 0 aromatic rings. The molecule has 0 spiro atoms. The van der Waals surface area contributed by atoms with Crippen molar-refractivity contribution >= 4 is 6.29 Å². The summed E-state index contributed by atoms with van der Waals surface area (Å²) in [5.74, 6) is 1.34. The van der Waals surface area contributed by atoms with Gasteiger partial charge in [-0.3, -0.25) is 0 Å². The van der Waals surface area contributed by atoms with Gasteiger partial charge in [-0.15, -0.1) is 0 Å². The molecule has 0 radical (unpaired) electrons. The van der Waals surface area contributed by atoms with Crippen LogP contribution in [0.5, 0.6) is 0 Å². The van der Waals surface area contributed by atoms with Crippen molar-refractivity contribution in [2.24, 2.45) is 17.3 Å². The largest absolute Gasteiger partial charge is 0.303 e. The lowest BCUT2D eigenvalue weighted by atomic mass is 9.51. The Bertz CT molecular complexity index is 328. The van der Waals surface area contributed by atoms with Crippen molar-refractivity contribution in [3.63, 3.8) is 0 Å². The van der Waals surface area contributed by atoms with E-state index in [1.807, 2.05) is 0 Å². The zero-order chi connectivity index (χ0) is 11.8. The third kappa shape index (κ3) is 1.77. The van der Waals surface area contributed by atoms with Crippen LogP contribution in [-0.4, -0.2) is 6.29 Å². The molecule has 3 saturated carbocycles. The predicted octanol–water partition coefficient (Wildman–Crippen LogP) is 3.90. The Labute approximate surface area is 98.6 Å². The van der Waals surface area contributed by atoms with E-state index in [9.17, 15) is 4.79 Å². The summed E-state index contributed by atoms with van der Waals surface area (Å²) >= 11 is 0. The van der Waals surface area contributed by atoms with Gasteiger partial charge in [-0.05, 0) is 56.3 Å². The van der Waals surface area contributed by atoms with Gasteiger partial charge < -0.3 is 4.79 Å². The molecule has 1 nitrogen and oxygen atoms in total. The van der Waals surface area contributed by atoms with E-state index in [0.717, 1.165) is 25.0 Å². The maximum atomic E-state index is 10.6. The van der Waals surface area contributed by atoms with Gasteiger partial charge in [0.1, 0.15) is 6.29 Å². The van der Waals surface area contributed by atoms with Crippen molar-refractivity contribution in [1.29, 1.82) is 0 Å². The van der Waals surface area contributed by atoms with Gasteiger partial charge in [-0.1, -0.05) is 24.3 Å². The van der Waals surface area contributed by atoms with Crippen LogP contribution < -0.4 is 0 Å². The quantitative estimate of drug-likeness (QED) is 0.516. The Morgan fingerprint density at radius 1 is 1.62 bits per heavy atom. The Morgan fingerprint density at radius 3 is 2.94 bits per heavy atom. The maximum Gasteiger partial charge on any atom is 0.120 e. The average molecular weight is 218 g/mol. The van der Waals surface area contributed by atoms with Gasteiger partial charge >= 0.3 is 0 Å². The number of aldehydes is 1. The lowest BCUT2D eigenvalue weighted by Crippen LogP contribution is -2.43. The monoisotopic (exact) mass is 218 g/mol. The molecule has 0 N–H and O–H groups in total. The van der Waals surface area contributed by atoms with Gasteiger partial charge in [0.15, 0.2) is 0 Å². The highest BCUT2D eigenvalue weighted by molar-refractivity contribution is 5.49. The lowest BCUT2D eigenvalue weighted by molar-refractivity contribution is -0.109. The molecule has 0 aliphatic heterocycles. The minimum absolute atomic E-state index is 0.318. The summed E-state index contributed by atoms with van der Waals surface area (Å²) in [4.78, 5) is 10.6. The van der Waals surface area contributed by atoms with Gasteiger partial charge in [-0.2, -0.15) is 0 Å². The second kappa shape index (κ2) is 4.20. The first kappa shape index (κ1) is 11.6. The van der Waals surface area contributed by atoms with Crippen LogP contribution in [0.15, 0.2) is 24.3 Å². The lowest BCUT2D eigenvalue weighted by Gasteiger charge is -2.54. The molecular weight excluding hydrogens is 196 g/mol. The van der Waals surface area contributed by atoms with Gasteiger partial charge in [0.2, 0.25) is 0 Å². The number of carbonyl (C=O) groups excluding carboxylic acids is 1. The van der Waals surface area contributed by atoms with Crippen molar-refractivity contribution in [1.82, 2.24) is 0 Å². The number of rotatable bonds is 4. The summed E-state index contributed by atoms with van der Waals surface area (Å²) < 4.78 is 0. The molecule has 88 valence electrons. The van der Waals surface area contributed by atoms with Gasteiger partial charge in [0.25, 0.3) is 0 Å². The first-order valence-electron chi connectivity index (χ1n) is 6.36. The molecule has 3 rings (SSSR count). The van der Waals surface area contributed by atoms with Gasteiger partial charge in [0, 0.05) is 6.42 Å². The van der Waals surface area contributed by atoms with Crippen molar-refractivity contribution in [2.75, 3.05) is 0 Å². The standard InChI is InChI=1S/C15H22O/c1-11(2)14-9-13-5-7-15(14,6-4-8-16)10-12(13)3/h8,13-14H,1,3-7,9-10H2,2H3/t13-,14+,15+/m1/s1. The molecule has 1 heteroatoms. The second-order valence-corrected chi connectivity index (χ2v) is 5.77. The van der Waals surface area contributed by atoms with E-state index in [-0.39, 0.29) is 0 Å². The highest BCUT2D eigenvalue weighted by atomic mass is 16.1. The van der Waals surface area contributed by atoms with Crippen LogP contribution in [0.25, 0.3) is 0 Å². The molecule has 0 aromatic heterocycles. The molecule has 3 aliphatic carbocycles. The van der Waals surface area contributed by atoms with Crippen LogP contribution in [0.2, 0.25) is 0 Å². The normalized spacial score (nSPS) is 37.4. The van der Waals surface area contributed by atoms with Gasteiger partial charge in [0.05, 0.1) is 0 Å². The Kier molecular flexibility index (Phi) is 3.05. The highest BCUT2D eigenvalue weighted by Crippen LogP contribution is 2.59. The van der Waals surface area contributed by atoms with Crippen LogP contribution in [-0.2, 0) is 4.79 Å². The van der Waals surface area contributed by atoms with E-state index in [4.69, 9.17) is 0 Å². The third-order valence-corrected chi connectivity index (χ3v) is 4.76. The maximum absolute atomic E-state index is 10.6. The second-order valence-electron chi connectivity index (χ2n) is 5.77. The van der Waals surface area contributed by atoms with E-state index < -0.39 is 0 Å². The number of hydrogen-bond acceptors (Lipinski definition) is 1. The molecule has 0 aromatic carbocycles. The fourth-order valence-electron chi connectivity index (χ4n) is 3.93. The third-order valence-electron chi connectivity index (χ3n) is 4.76. The average Bonchev–Trinajstić information content (AvgIpc) is 2.26. The van der Waals surface area contributed by atoms with Crippen molar-refractivity contribution in [2.45, 2.75) is 45.4 Å². The van der Waals surface area contributed by atoms with E-state index in [2.05, 4.69) is 20.1 Å². The van der Waals surface area contributed by atoms with Crippen LogP contribution in [0.3, 0.4) is 0 Å². The Balaban J connectivity index is 2.23. The van der Waals surface area contributed by atoms with E-state index >= 15 is 0 Å². The number of hydrogen-bond donors (Lipinski definition) is 0. The summed E-state index contributed by atoms with van der Waals surface area (Å²) in [5.41, 5.74) is 3.05. The van der Waals surface area contributed by atoms with Crippen LogP contribution in [0.1, 0.15) is 45.4 Å². The number of fused-ring (bicyclic) bond motifs is 3. The molecule has 2 bridgehead atoms. The van der Waals surface area contributed by atoms with Crippen molar-refractivity contribution < 1.29 is 4.79 Å². The summed E-state index contributed by atoms with van der Waals surface area (Å²) in [6.07, 6.45) is 7.69. The van der Waals surface area contributed by atoms with Crippen LogP contribution >= 0.6 is 0 Å². The number of allylic oxidation sites excluding steroid dienone is 2. The van der Waals surface area contributed by atoms with E-state index in [1.165, 1.54) is 30.4 Å². The SMILES string of the molecule is C=C1C[C@]2(CCC=O)CC[C@@H]1C[C@H]2C(=C)C. The summed E-state index contributed by atoms with van der Waals surface area (Å²) in [5, 5.41) is 0. The fourth-order valence-corrected chi connectivity index (χ4v) is 3.93. The first-order chi connectivity index (χ1) is 7.59. The topological polar surface area (TPSA) is 17.1 Å². The summed E-state index contributed by atoms with van der Waals surface area (Å²) in [6.45, 7) is 10.5. The molecule has 0 amide bonds. The minimum atomic E-state index is 0.318. The van der Waals surface area contributed by atoms with E-state index in [1.54, 1.807) is 0 Å². The molecule has 16 heavy (non-hydrogen) atoms. The zero-order valence-corrected chi connectivity index (χ0v) is 10.3. The molecule has 0 saturated heterocycles. The zero-order valence-electron chi connectivity index (χ0n) is 10.3. The molecule has 3 fully saturated rings. The Hall–Kier alpha value is -0.850. The van der Waals surface area contributed by atoms with Crippen molar-refractivity contribution in [3.8, 4) is 0 Å². The first-order valence-corrected chi connectivity index (χ1v) is 6.36. The van der Waals surface area contributed by atoms with Crippen molar-refractivity contribution in [3.05, 3.63) is 24.3 Å². The Morgan fingerprint density at radius 2 is 2.38 bits per heavy atom. The van der Waals surface area contributed by atoms with Crippen LogP contribution in [0.4, 0.5) is 0 Å². The molecule has 0 heterocycles. The minimum Gasteiger partial charge on any atom is -0.303 e. The predicted molar refractivity (Wildman–Crippen MR) is 67.1 cm³/mol. The smallest absolute Gasteiger partial charge is 0.120 e. The molecule has 0 unspecified atom stereocenters. The summed E-state index contributed by atoms with van der Waals surface area (Å²) in [6, 6.07) is 0. The van der Waals surface area contributed by atoms with Gasteiger partial charge in [-0.25, -0.2) is 0 Å². The summed E-state index contributed by atoms with van der Waals surface area (Å²) in [7, 11) is 0. The van der Waals surface area contributed by atoms with E-state index in [0.29, 0.717) is 17.8 Å². The number of carbonyl (C=O) groups is 1. The highest BCUT2D eigenvalue weighted by Gasteiger charge is 2.48. The van der Waals surface area contributed by atoms with Crippen LogP contribution in [0, 0.1) is 17.3 Å². The molecular formula is C15H22O. The molecule has 3 atom stereocenters.